The van der Waals surface area contributed by atoms with Crippen molar-refractivity contribution in [1.29, 1.82) is 0 Å². The molecule has 152 valence electrons. The molecule has 2 aromatic rings. The Kier molecular flexibility index (Phi) is 5.84. The minimum absolute atomic E-state index is 0.143. The fraction of sp³-hybridized carbons (Fsp3) is 0.571. The van der Waals surface area contributed by atoms with Crippen molar-refractivity contribution in [2.24, 2.45) is 0 Å². The first-order chi connectivity index (χ1) is 13.1. The van der Waals surface area contributed by atoms with Crippen LogP contribution in [0, 0.1) is 0 Å². The van der Waals surface area contributed by atoms with Gasteiger partial charge in [0.2, 0.25) is 0 Å². The third kappa shape index (κ3) is 4.24. The summed E-state index contributed by atoms with van der Waals surface area (Å²) in [5, 5.41) is 0. The lowest BCUT2D eigenvalue weighted by Crippen LogP contribution is -2.41. The average Bonchev–Trinajstić information content (AvgIpc) is 2.97. The monoisotopic (exact) mass is 448 g/mol. The summed E-state index contributed by atoms with van der Waals surface area (Å²) >= 11 is 3.56. The van der Waals surface area contributed by atoms with Crippen molar-refractivity contribution >= 4 is 33.1 Å². The maximum atomic E-state index is 12.4. The second kappa shape index (κ2) is 7.85. The molecular weight excluding hydrogens is 420 g/mol. The Labute approximate surface area is 175 Å². The summed E-state index contributed by atoms with van der Waals surface area (Å²) in [6.07, 6.45) is 8.29. The number of ether oxygens (including phenoxy) is 1. The summed E-state index contributed by atoms with van der Waals surface area (Å²) in [4.78, 5) is 23.2. The fourth-order valence-corrected chi connectivity index (χ4v) is 3.99. The van der Waals surface area contributed by atoms with E-state index < -0.39 is 5.60 Å². The van der Waals surface area contributed by atoms with Gasteiger partial charge in [-0.2, -0.15) is 0 Å². The highest BCUT2D eigenvalue weighted by Crippen LogP contribution is 2.32. The lowest BCUT2D eigenvalue weighted by molar-refractivity contribution is 0.0215. The van der Waals surface area contributed by atoms with Crippen molar-refractivity contribution in [3.8, 4) is 0 Å². The fourth-order valence-electron chi connectivity index (χ4n) is 3.53. The molecule has 0 fully saturated rings. The summed E-state index contributed by atoms with van der Waals surface area (Å²) in [6.45, 7) is 9.96. The van der Waals surface area contributed by atoms with Gasteiger partial charge >= 0.3 is 6.09 Å². The van der Waals surface area contributed by atoms with Crippen LogP contribution in [0.2, 0.25) is 0 Å². The molecule has 1 aliphatic rings. The molecule has 2 heterocycles. The highest BCUT2D eigenvalue weighted by molar-refractivity contribution is 9.10. The van der Waals surface area contributed by atoms with Crippen molar-refractivity contribution < 1.29 is 9.53 Å². The van der Waals surface area contributed by atoms with Crippen LogP contribution >= 0.6 is 15.9 Å². The van der Waals surface area contributed by atoms with Crippen LogP contribution in [0.1, 0.15) is 71.3 Å². The summed E-state index contributed by atoms with van der Waals surface area (Å²) in [6, 6.07) is 0.143. The number of carbonyl (C=O) groups is 1. The van der Waals surface area contributed by atoms with Gasteiger partial charge in [0.05, 0.1) is 23.6 Å². The predicted molar refractivity (Wildman–Crippen MR) is 114 cm³/mol. The van der Waals surface area contributed by atoms with E-state index in [1.54, 1.807) is 4.90 Å². The van der Waals surface area contributed by atoms with Crippen LogP contribution in [-0.4, -0.2) is 44.1 Å². The van der Waals surface area contributed by atoms with E-state index in [1.165, 1.54) is 5.57 Å². The molecule has 0 aromatic carbocycles. The first kappa shape index (κ1) is 20.8. The number of carbonyl (C=O) groups excluding carboxylic acids is 1. The molecule has 28 heavy (non-hydrogen) atoms. The SMILES string of the molecule is CC(C)c1nc(Br)c2cncc(C3=CCC(N(C)C(=O)OC(C)(C)C)CC3)n12. The van der Waals surface area contributed by atoms with Crippen LogP contribution in [0.5, 0.6) is 0 Å². The molecule has 0 radical (unpaired) electrons. The zero-order valence-electron chi connectivity index (χ0n) is 17.5. The Bertz CT molecular complexity index is 911. The van der Waals surface area contributed by atoms with Crippen molar-refractivity contribution in [2.45, 2.75) is 71.4 Å². The van der Waals surface area contributed by atoms with E-state index in [0.29, 0.717) is 5.92 Å². The summed E-state index contributed by atoms with van der Waals surface area (Å²) in [5.74, 6) is 1.32. The molecule has 6 nitrogen and oxygen atoms in total. The van der Waals surface area contributed by atoms with Gasteiger partial charge in [-0.15, -0.1) is 0 Å². The summed E-state index contributed by atoms with van der Waals surface area (Å²) in [7, 11) is 1.82. The van der Waals surface area contributed by atoms with Gasteiger partial charge < -0.3 is 9.64 Å². The molecule has 1 unspecified atom stereocenters. The number of hydrogen-bond acceptors (Lipinski definition) is 4. The molecule has 1 amide bonds. The maximum absolute atomic E-state index is 12.4. The topological polar surface area (TPSA) is 59.7 Å². The standard InChI is InChI=1S/C21H29BrN4O2/c1-13(2)19-24-18(22)17-12-23-11-16(26(17)19)14-7-9-15(10-8-14)25(6)20(27)28-21(3,4)5/h7,11-13,15H,8-10H2,1-6H3. The largest absolute Gasteiger partial charge is 0.444 e. The van der Waals surface area contributed by atoms with Gasteiger partial charge in [-0.1, -0.05) is 19.9 Å². The highest BCUT2D eigenvalue weighted by Gasteiger charge is 2.27. The van der Waals surface area contributed by atoms with E-state index in [-0.39, 0.29) is 12.1 Å². The van der Waals surface area contributed by atoms with Gasteiger partial charge in [0.25, 0.3) is 0 Å². The van der Waals surface area contributed by atoms with Crippen LogP contribution in [0.4, 0.5) is 4.79 Å². The molecule has 1 atom stereocenters. The average molecular weight is 449 g/mol. The number of fused-ring (bicyclic) bond motifs is 1. The van der Waals surface area contributed by atoms with Crippen molar-refractivity contribution in [2.75, 3.05) is 7.05 Å². The van der Waals surface area contributed by atoms with Gasteiger partial charge in [0.1, 0.15) is 16.0 Å². The summed E-state index contributed by atoms with van der Waals surface area (Å²) in [5.41, 5.74) is 2.83. The number of halogens is 1. The van der Waals surface area contributed by atoms with Crippen molar-refractivity contribution in [1.82, 2.24) is 19.3 Å². The van der Waals surface area contributed by atoms with E-state index in [1.807, 2.05) is 40.2 Å². The number of allylic oxidation sites excluding steroid dienone is 1. The van der Waals surface area contributed by atoms with Crippen LogP contribution in [0.25, 0.3) is 11.1 Å². The maximum Gasteiger partial charge on any atom is 0.410 e. The number of nitrogens with zero attached hydrogens (tertiary/aromatic N) is 4. The van der Waals surface area contributed by atoms with Gasteiger partial charge in [-0.25, -0.2) is 9.78 Å². The second-order valence-corrected chi connectivity index (χ2v) is 9.43. The zero-order valence-corrected chi connectivity index (χ0v) is 19.1. The quantitative estimate of drug-likeness (QED) is 0.628. The normalized spacial score (nSPS) is 17.7. The minimum atomic E-state index is -0.482. The Morgan fingerprint density at radius 1 is 1.36 bits per heavy atom. The molecule has 0 saturated carbocycles. The molecule has 0 aliphatic heterocycles. The van der Waals surface area contributed by atoms with E-state index in [9.17, 15) is 4.79 Å². The highest BCUT2D eigenvalue weighted by atomic mass is 79.9. The minimum Gasteiger partial charge on any atom is -0.444 e. The zero-order chi connectivity index (χ0) is 20.6. The van der Waals surface area contributed by atoms with Gasteiger partial charge in [-0.05, 0) is 61.5 Å². The smallest absolute Gasteiger partial charge is 0.410 e. The Morgan fingerprint density at radius 2 is 2.07 bits per heavy atom. The number of rotatable bonds is 3. The van der Waals surface area contributed by atoms with Crippen LogP contribution in [-0.2, 0) is 4.74 Å². The molecule has 7 heteroatoms. The van der Waals surface area contributed by atoms with Gasteiger partial charge in [0.15, 0.2) is 0 Å². The van der Waals surface area contributed by atoms with Gasteiger partial charge in [0, 0.05) is 19.0 Å². The Hall–Kier alpha value is -1.89. The molecule has 3 rings (SSSR count). The Morgan fingerprint density at radius 3 is 2.64 bits per heavy atom. The lowest BCUT2D eigenvalue weighted by atomic mass is 9.92. The lowest BCUT2D eigenvalue weighted by Gasteiger charge is -2.32. The first-order valence-electron chi connectivity index (χ1n) is 9.75. The second-order valence-electron chi connectivity index (χ2n) is 8.68. The third-order valence-corrected chi connectivity index (χ3v) is 5.57. The summed E-state index contributed by atoms with van der Waals surface area (Å²) < 4.78 is 8.53. The van der Waals surface area contributed by atoms with E-state index in [0.717, 1.165) is 40.9 Å². The van der Waals surface area contributed by atoms with E-state index in [2.05, 4.69) is 50.2 Å². The number of amides is 1. The van der Waals surface area contributed by atoms with Crippen LogP contribution in [0.3, 0.4) is 0 Å². The molecule has 0 saturated heterocycles. The first-order valence-corrected chi connectivity index (χ1v) is 10.5. The number of imidazole rings is 1. The number of aromatic nitrogens is 3. The van der Waals surface area contributed by atoms with Crippen molar-refractivity contribution in [3.05, 3.63) is 34.6 Å². The Balaban J connectivity index is 1.85. The van der Waals surface area contributed by atoms with Crippen LogP contribution in [0.15, 0.2) is 23.1 Å². The molecule has 0 bridgehead atoms. The molecule has 1 aliphatic carbocycles. The predicted octanol–water partition coefficient (Wildman–Crippen LogP) is 5.42. The van der Waals surface area contributed by atoms with Crippen molar-refractivity contribution in [3.63, 3.8) is 0 Å². The van der Waals surface area contributed by atoms with E-state index in [4.69, 9.17) is 4.74 Å². The molecule has 0 spiro atoms. The molecular formula is C21H29BrN4O2. The van der Waals surface area contributed by atoms with Gasteiger partial charge in [-0.3, -0.25) is 9.38 Å². The van der Waals surface area contributed by atoms with E-state index >= 15 is 0 Å². The van der Waals surface area contributed by atoms with Crippen LogP contribution < -0.4 is 0 Å². The number of hydrogen-bond donors (Lipinski definition) is 0. The molecule has 2 aromatic heterocycles. The third-order valence-electron chi connectivity index (χ3n) is 4.99. The molecule has 0 N–H and O–H groups in total.